The molecule has 114 valence electrons. The monoisotopic (exact) mass is 280 g/mol. The van der Waals surface area contributed by atoms with Crippen molar-refractivity contribution in [3.63, 3.8) is 0 Å². The van der Waals surface area contributed by atoms with Gasteiger partial charge in [-0.1, -0.05) is 11.6 Å². The average molecular weight is 280 g/mol. The predicted molar refractivity (Wildman–Crippen MR) is 80.5 cm³/mol. The lowest BCUT2D eigenvalue weighted by molar-refractivity contribution is -0.123. The molecule has 0 aromatic carbocycles. The average Bonchev–Trinajstić information content (AvgIpc) is 2.38. The molecule has 0 aromatic rings. The number of amides is 1. The number of rotatable bonds is 5. The highest BCUT2D eigenvalue weighted by molar-refractivity contribution is 5.78. The van der Waals surface area contributed by atoms with Gasteiger partial charge in [0.15, 0.2) is 0 Å². The lowest BCUT2D eigenvalue weighted by atomic mass is 9.95. The summed E-state index contributed by atoms with van der Waals surface area (Å²) in [5.41, 5.74) is 0.864. The number of nitrogens with zero attached hydrogens (tertiary/aromatic N) is 1. The molecule has 0 radical (unpaired) electrons. The molecule has 2 aliphatic rings. The molecule has 1 aliphatic heterocycles. The van der Waals surface area contributed by atoms with Gasteiger partial charge in [0.05, 0.1) is 12.1 Å². The minimum atomic E-state index is -0.633. The zero-order valence-corrected chi connectivity index (χ0v) is 12.7. The van der Waals surface area contributed by atoms with Gasteiger partial charge in [-0.15, -0.1) is 0 Å². The van der Waals surface area contributed by atoms with Crippen LogP contribution < -0.4 is 5.32 Å². The van der Waals surface area contributed by atoms with Crippen molar-refractivity contribution in [1.29, 1.82) is 0 Å². The second-order valence-corrected chi connectivity index (χ2v) is 6.52. The first-order valence-electron chi connectivity index (χ1n) is 7.94. The van der Waals surface area contributed by atoms with Gasteiger partial charge in [0.25, 0.3) is 0 Å². The van der Waals surface area contributed by atoms with Crippen molar-refractivity contribution in [2.45, 2.75) is 57.5 Å². The molecule has 0 saturated carbocycles. The van der Waals surface area contributed by atoms with Crippen LogP contribution in [0.4, 0.5) is 0 Å². The number of β-amino-alcohol motifs (C(OH)–C–C–N with tert-alkyl or cyclic N) is 1. The van der Waals surface area contributed by atoms with Gasteiger partial charge in [-0.3, -0.25) is 9.69 Å². The Morgan fingerprint density at radius 3 is 3.00 bits per heavy atom. The third kappa shape index (κ3) is 5.25. The van der Waals surface area contributed by atoms with Crippen molar-refractivity contribution in [1.82, 2.24) is 10.2 Å². The van der Waals surface area contributed by atoms with E-state index in [9.17, 15) is 9.90 Å². The molecule has 2 N–H and O–H groups in total. The van der Waals surface area contributed by atoms with Crippen LogP contribution in [0.25, 0.3) is 0 Å². The third-order valence-corrected chi connectivity index (χ3v) is 4.27. The van der Waals surface area contributed by atoms with Crippen molar-refractivity contribution in [2.24, 2.45) is 0 Å². The molecule has 0 aromatic heterocycles. The maximum Gasteiger partial charge on any atom is 0.234 e. The highest BCUT2D eigenvalue weighted by Gasteiger charge is 2.28. The summed E-state index contributed by atoms with van der Waals surface area (Å²) < 4.78 is 0. The van der Waals surface area contributed by atoms with Crippen molar-refractivity contribution in [3.8, 4) is 0 Å². The fourth-order valence-electron chi connectivity index (χ4n) is 3.21. The SMILES string of the molecule is CC1(O)CCCN(CC(=O)NCCC2=CCCCC2)C1. The molecule has 4 nitrogen and oxygen atoms in total. The Morgan fingerprint density at radius 2 is 2.30 bits per heavy atom. The maximum absolute atomic E-state index is 11.9. The van der Waals surface area contributed by atoms with Crippen molar-refractivity contribution < 1.29 is 9.90 Å². The first-order valence-corrected chi connectivity index (χ1v) is 7.94. The number of aliphatic hydroxyl groups is 1. The molecular formula is C16H28N2O2. The second-order valence-electron chi connectivity index (χ2n) is 6.52. The molecule has 20 heavy (non-hydrogen) atoms. The topological polar surface area (TPSA) is 52.6 Å². The number of carbonyl (C=O) groups excluding carboxylic acids is 1. The van der Waals surface area contributed by atoms with Crippen LogP contribution in [0.2, 0.25) is 0 Å². The molecule has 0 bridgehead atoms. The van der Waals surface area contributed by atoms with E-state index >= 15 is 0 Å². The Hall–Kier alpha value is -0.870. The molecule has 0 spiro atoms. The first-order chi connectivity index (χ1) is 9.55. The van der Waals surface area contributed by atoms with E-state index in [1.54, 1.807) is 0 Å². The van der Waals surface area contributed by atoms with E-state index in [1.165, 1.54) is 31.3 Å². The van der Waals surface area contributed by atoms with Gasteiger partial charge in [0, 0.05) is 13.1 Å². The van der Waals surface area contributed by atoms with Crippen LogP contribution in [0, 0.1) is 0 Å². The fraction of sp³-hybridized carbons (Fsp3) is 0.812. The largest absolute Gasteiger partial charge is 0.389 e. The number of likely N-dealkylation sites (tertiary alicyclic amines) is 1. The van der Waals surface area contributed by atoms with Gasteiger partial charge in [-0.25, -0.2) is 0 Å². The quantitative estimate of drug-likeness (QED) is 0.756. The van der Waals surface area contributed by atoms with Crippen LogP contribution in [0.1, 0.15) is 51.9 Å². The summed E-state index contributed by atoms with van der Waals surface area (Å²) >= 11 is 0. The van der Waals surface area contributed by atoms with Gasteiger partial charge in [0.1, 0.15) is 0 Å². The molecule has 1 saturated heterocycles. The number of nitrogens with one attached hydrogen (secondary N) is 1. The first kappa shape index (κ1) is 15.5. The highest BCUT2D eigenvalue weighted by atomic mass is 16.3. The molecule has 1 atom stereocenters. The van der Waals surface area contributed by atoms with Crippen LogP contribution in [0.15, 0.2) is 11.6 Å². The van der Waals surface area contributed by atoms with Gasteiger partial charge in [-0.05, 0) is 58.4 Å². The molecule has 4 heteroatoms. The van der Waals surface area contributed by atoms with E-state index in [4.69, 9.17) is 0 Å². The summed E-state index contributed by atoms with van der Waals surface area (Å²) in [5, 5.41) is 13.0. The summed E-state index contributed by atoms with van der Waals surface area (Å²) in [7, 11) is 0. The molecule has 1 amide bonds. The normalized spacial score (nSPS) is 28.0. The van der Waals surface area contributed by atoms with Crippen molar-refractivity contribution in [3.05, 3.63) is 11.6 Å². The van der Waals surface area contributed by atoms with Crippen LogP contribution in [0.3, 0.4) is 0 Å². The van der Waals surface area contributed by atoms with E-state index in [2.05, 4.69) is 16.3 Å². The van der Waals surface area contributed by atoms with Gasteiger partial charge >= 0.3 is 0 Å². The molecule has 1 unspecified atom stereocenters. The van der Waals surface area contributed by atoms with E-state index < -0.39 is 5.60 Å². The minimum absolute atomic E-state index is 0.0825. The summed E-state index contributed by atoms with van der Waals surface area (Å²) in [6, 6.07) is 0. The standard InChI is InChI=1S/C16H28N2O2/c1-16(20)9-5-11-18(13-16)12-15(19)17-10-8-14-6-3-2-4-7-14/h6,20H,2-5,7-13H2,1H3,(H,17,19). The van der Waals surface area contributed by atoms with E-state index in [0.717, 1.165) is 32.4 Å². The molecular weight excluding hydrogens is 252 g/mol. The number of allylic oxidation sites excluding steroid dienone is 1. The fourth-order valence-corrected chi connectivity index (χ4v) is 3.21. The highest BCUT2D eigenvalue weighted by Crippen LogP contribution is 2.20. The Bertz CT molecular complexity index is 363. The van der Waals surface area contributed by atoms with Crippen LogP contribution in [-0.2, 0) is 4.79 Å². The maximum atomic E-state index is 11.9. The van der Waals surface area contributed by atoms with Crippen LogP contribution >= 0.6 is 0 Å². The Labute approximate surface area is 122 Å². The minimum Gasteiger partial charge on any atom is -0.389 e. The zero-order valence-electron chi connectivity index (χ0n) is 12.7. The van der Waals surface area contributed by atoms with E-state index in [-0.39, 0.29) is 5.91 Å². The van der Waals surface area contributed by atoms with E-state index in [0.29, 0.717) is 13.1 Å². The molecule has 1 aliphatic carbocycles. The predicted octanol–water partition coefficient (Wildman–Crippen LogP) is 1.84. The zero-order chi connectivity index (χ0) is 14.4. The Kier molecular flexibility index (Phi) is 5.61. The lowest BCUT2D eigenvalue weighted by Gasteiger charge is -2.36. The smallest absolute Gasteiger partial charge is 0.234 e. The molecule has 1 heterocycles. The second kappa shape index (κ2) is 7.23. The Morgan fingerprint density at radius 1 is 1.45 bits per heavy atom. The third-order valence-electron chi connectivity index (χ3n) is 4.27. The number of carbonyl (C=O) groups is 1. The van der Waals surface area contributed by atoms with Gasteiger partial charge in [0.2, 0.25) is 5.91 Å². The Balaban J connectivity index is 1.63. The van der Waals surface area contributed by atoms with E-state index in [1.807, 2.05) is 6.92 Å². The summed E-state index contributed by atoms with van der Waals surface area (Å²) in [4.78, 5) is 14.0. The molecule has 2 rings (SSSR count). The van der Waals surface area contributed by atoms with Crippen LogP contribution in [-0.4, -0.2) is 47.7 Å². The molecule has 1 fully saturated rings. The van der Waals surface area contributed by atoms with Gasteiger partial charge < -0.3 is 10.4 Å². The number of hydrogen-bond donors (Lipinski definition) is 2. The summed E-state index contributed by atoms with van der Waals surface area (Å²) in [6.07, 6.45) is 10.1. The summed E-state index contributed by atoms with van der Waals surface area (Å²) in [5.74, 6) is 0.0825. The van der Waals surface area contributed by atoms with Crippen molar-refractivity contribution in [2.75, 3.05) is 26.2 Å². The van der Waals surface area contributed by atoms with Gasteiger partial charge in [-0.2, -0.15) is 0 Å². The number of hydrogen-bond acceptors (Lipinski definition) is 3. The lowest BCUT2D eigenvalue weighted by Crippen LogP contribution is -2.49. The van der Waals surface area contributed by atoms with Crippen LogP contribution in [0.5, 0.6) is 0 Å². The summed E-state index contributed by atoms with van der Waals surface area (Å²) in [6.45, 7) is 4.52. The van der Waals surface area contributed by atoms with Crippen molar-refractivity contribution >= 4 is 5.91 Å². The number of piperidine rings is 1.